The zero-order valence-electron chi connectivity index (χ0n) is 16.4. The van der Waals surface area contributed by atoms with E-state index in [0.717, 1.165) is 42.2 Å². The Morgan fingerprint density at radius 1 is 1.28 bits per heavy atom. The topological polar surface area (TPSA) is 62.5 Å². The van der Waals surface area contributed by atoms with E-state index in [4.69, 9.17) is 4.52 Å². The lowest BCUT2D eigenvalue weighted by molar-refractivity contribution is -0.137. The van der Waals surface area contributed by atoms with Gasteiger partial charge in [0.05, 0.1) is 17.3 Å². The van der Waals surface area contributed by atoms with Crippen LogP contribution in [0.15, 0.2) is 22.9 Å². The normalized spacial score (nSPS) is 21.7. The molecule has 2 atom stereocenters. The van der Waals surface area contributed by atoms with Crippen LogP contribution in [0.5, 0.6) is 0 Å². The Labute approximate surface area is 166 Å². The van der Waals surface area contributed by atoms with Crippen LogP contribution in [0.3, 0.4) is 0 Å². The predicted octanol–water partition coefficient (Wildman–Crippen LogP) is 3.38. The predicted molar refractivity (Wildman–Crippen MR) is 99.4 cm³/mol. The average molecular weight is 408 g/mol. The van der Waals surface area contributed by atoms with Crippen LogP contribution >= 0.6 is 0 Å². The van der Waals surface area contributed by atoms with Crippen molar-refractivity contribution in [3.8, 4) is 0 Å². The van der Waals surface area contributed by atoms with Crippen molar-refractivity contribution < 1.29 is 22.5 Å². The molecule has 2 aliphatic rings. The van der Waals surface area contributed by atoms with Crippen LogP contribution in [-0.4, -0.2) is 46.6 Å². The zero-order valence-corrected chi connectivity index (χ0v) is 16.4. The summed E-state index contributed by atoms with van der Waals surface area (Å²) < 4.78 is 43.4. The molecule has 4 rings (SSSR count). The molecule has 2 fully saturated rings. The molecule has 2 aliphatic heterocycles. The molecule has 6 nitrogen and oxygen atoms in total. The molecular weight excluding hydrogens is 385 g/mol. The van der Waals surface area contributed by atoms with Crippen molar-refractivity contribution in [2.24, 2.45) is 5.92 Å². The van der Waals surface area contributed by atoms with Gasteiger partial charge in [-0.3, -0.25) is 4.79 Å². The number of pyridine rings is 1. The van der Waals surface area contributed by atoms with Gasteiger partial charge in [-0.15, -0.1) is 0 Å². The first-order chi connectivity index (χ1) is 13.7. The molecule has 1 amide bonds. The van der Waals surface area contributed by atoms with E-state index in [1.807, 2.05) is 23.6 Å². The van der Waals surface area contributed by atoms with Gasteiger partial charge < -0.3 is 14.3 Å². The highest BCUT2D eigenvalue weighted by Crippen LogP contribution is 2.35. The van der Waals surface area contributed by atoms with Gasteiger partial charge in [-0.2, -0.15) is 13.2 Å². The molecule has 2 aromatic heterocycles. The maximum absolute atomic E-state index is 12.8. The van der Waals surface area contributed by atoms with Gasteiger partial charge in [-0.1, -0.05) is 5.16 Å². The Morgan fingerprint density at radius 3 is 2.69 bits per heavy atom. The fourth-order valence-electron chi connectivity index (χ4n) is 4.43. The molecule has 0 saturated carbocycles. The second-order valence-electron chi connectivity index (χ2n) is 7.81. The van der Waals surface area contributed by atoms with Gasteiger partial charge in [0.1, 0.15) is 11.6 Å². The van der Waals surface area contributed by atoms with Crippen molar-refractivity contribution in [3.63, 3.8) is 0 Å². The second-order valence-corrected chi connectivity index (χ2v) is 7.81. The summed E-state index contributed by atoms with van der Waals surface area (Å²) in [5, 5.41) is 3.93. The third-order valence-corrected chi connectivity index (χ3v) is 6.04. The molecule has 0 aliphatic carbocycles. The molecule has 29 heavy (non-hydrogen) atoms. The van der Waals surface area contributed by atoms with Crippen LogP contribution in [0.4, 0.5) is 19.0 Å². The Bertz CT molecular complexity index is 875. The van der Waals surface area contributed by atoms with Crippen molar-refractivity contribution in [3.05, 3.63) is 40.9 Å². The summed E-state index contributed by atoms with van der Waals surface area (Å²) >= 11 is 0. The summed E-state index contributed by atoms with van der Waals surface area (Å²) in [4.78, 5) is 20.7. The maximum atomic E-state index is 12.8. The molecule has 0 bridgehead atoms. The highest BCUT2D eigenvalue weighted by atomic mass is 19.4. The van der Waals surface area contributed by atoms with Gasteiger partial charge in [0.15, 0.2) is 0 Å². The molecular formula is C20H23F3N4O2. The molecule has 2 aromatic rings. The van der Waals surface area contributed by atoms with E-state index < -0.39 is 11.7 Å². The first-order valence-electron chi connectivity index (χ1n) is 9.73. The number of likely N-dealkylation sites (tertiary alicyclic amines) is 1. The molecule has 2 saturated heterocycles. The highest BCUT2D eigenvalue weighted by Gasteiger charge is 2.43. The number of halogens is 3. The Kier molecular flexibility index (Phi) is 5.00. The Balaban J connectivity index is 1.39. The SMILES string of the molecule is Cc1noc(C)c1CCC(=O)N1CCC2CN(c3ccc(C(F)(F)F)cn3)CC21. The number of hydrogen-bond acceptors (Lipinski definition) is 5. The van der Waals surface area contributed by atoms with E-state index in [-0.39, 0.29) is 11.9 Å². The lowest BCUT2D eigenvalue weighted by Gasteiger charge is -2.25. The number of fused-ring (bicyclic) bond motifs is 1. The van der Waals surface area contributed by atoms with E-state index in [2.05, 4.69) is 10.1 Å². The average Bonchev–Trinajstić information content (AvgIpc) is 3.34. The van der Waals surface area contributed by atoms with E-state index in [1.54, 1.807) is 0 Å². The molecule has 0 N–H and O–H groups in total. The summed E-state index contributed by atoms with van der Waals surface area (Å²) in [6, 6.07) is 2.55. The van der Waals surface area contributed by atoms with Gasteiger partial charge in [0, 0.05) is 43.7 Å². The minimum absolute atomic E-state index is 0.0799. The number of rotatable bonds is 4. The lowest BCUT2D eigenvalue weighted by Crippen LogP contribution is -2.40. The van der Waals surface area contributed by atoms with Crippen molar-refractivity contribution in [1.82, 2.24) is 15.0 Å². The Morgan fingerprint density at radius 2 is 2.07 bits per heavy atom. The maximum Gasteiger partial charge on any atom is 0.417 e. The number of carbonyl (C=O) groups excluding carboxylic acids is 1. The molecule has 0 aromatic carbocycles. The number of hydrogen-bond donors (Lipinski definition) is 0. The number of nitrogens with zero attached hydrogens (tertiary/aromatic N) is 4. The fraction of sp³-hybridized carbons (Fsp3) is 0.550. The number of anilines is 1. The first kappa shape index (κ1) is 19.7. The summed E-state index contributed by atoms with van der Waals surface area (Å²) in [5.41, 5.74) is 1.04. The molecule has 0 radical (unpaired) electrons. The largest absolute Gasteiger partial charge is 0.417 e. The van der Waals surface area contributed by atoms with E-state index in [1.165, 1.54) is 6.07 Å². The first-order valence-corrected chi connectivity index (χ1v) is 9.73. The van der Waals surface area contributed by atoms with Gasteiger partial charge in [-0.05, 0) is 38.8 Å². The van der Waals surface area contributed by atoms with Crippen LogP contribution in [0.1, 0.15) is 35.4 Å². The fourth-order valence-corrected chi connectivity index (χ4v) is 4.43. The van der Waals surface area contributed by atoms with Gasteiger partial charge >= 0.3 is 6.18 Å². The van der Waals surface area contributed by atoms with Gasteiger partial charge in [0.2, 0.25) is 5.91 Å². The van der Waals surface area contributed by atoms with Crippen LogP contribution < -0.4 is 4.90 Å². The number of amides is 1. The number of aromatic nitrogens is 2. The lowest BCUT2D eigenvalue weighted by atomic mass is 10.0. The van der Waals surface area contributed by atoms with Crippen molar-refractivity contribution in [2.45, 2.75) is 45.3 Å². The molecule has 4 heterocycles. The van der Waals surface area contributed by atoms with Crippen LogP contribution in [0, 0.1) is 19.8 Å². The van der Waals surface area contributed by atoms with Crippen LogP contribution in [0.25, 0.3) is 0 Å². The smallest absolute Gasteiger partial charge is 0.361 e. The molecule has 0 spiro atoms. The molecule has 2 unspecified atom stereocenters. The minimum Gasteiger partial charge on any atom is -0.361 e. The molecule has 9 heteroatoms. The summed E-state index contributed by atoms with van der Waals surface area (Å²) in [5.74, 6) is 1.69. The van der Waals surface area contributed by atoms with E-state index in [9.17, 15) is 18.0 Å². The van der Waals surface area contributed by atoms with Gasteiger partial charge in [-0.25, -0.2) is 4.98 Å². The number of alkyl halides is 3. The highest BCUT2D eigenvalue weighted by molar-refractivity contribution is 5.77. The van der Waals surface area contributed by atoms with Crippen LogP contribution in [-0.2, 0) is 17.4 Å². The number of carbonyl (C=O) groups is 1. The van der Waals surface area contributed by atoms with Crippen molar-refractivity contribution in [2.75, 3.05) is 24.5 Å². The van der Waals surface area contributed by atoms with Crippen molar-refractivity contribution in [1.29, 1.82) is 0 Å². The standard InChI is InChI=1S/C20H23F3N4O2/c1-12-16(13(2)29-25-12)4-6-19(28)27-8-7-14-10-26(11-17(14)27)18-5-3-15(9-24-18)20(21,22)23/h3,5,9,14,17H,4,6-8,10-11H2,1-2H3. The quantitative estimate of drug-likeness (QED) is 0.776. The monoisotopic (exact) mass is 408 g/mol. The zero-order chi connectivity index (χ0) is 20.8. The third kappa shape index (κ3) is 3.82. The van der Waals surface area contributed by atoms with E-state index >= 15 is 0 Å². The van der Waals surface area contributed by atoms with Crippen LogP contribution in [0.2, 0.25) is 0 Å². The van der Waals surface area contributed by atoms with Crippen molar-refractivity contribution >= 4 is 11.7 Å². The van der Waals surface area contributed by atoms with Gasteiger partial charge in [0.25, 0.3) is 0 Å². The summed E-state index contributed by atoms with van der Waals surface area (Å²) in [6.07, 6.45) is -1.63. The summed E-state index contributed by atoms with van der Waals surface area (Å²) in [6.45, 7) is 5.74. The Hall–Kier alpha value is -2.58. The summed E-state index contributed by atoms with van der Waals surface area (Å²) in [7, 11) is 0. The molecule has 156 valence electrons. The number of aryl methyl sites for hydroxylation is 2. The van der Waals surface area contributed by atoms with E-state index in [0.29, 0.717) is 37.7 Å². The third-order valence-electron chi connectivity index (χ3n) is 6.04. The second kappa shape index (κ2) is 7.35. The minimum atomic E-state index is -4.39.